The van der Waals surface area contributed by atoms with Gasteiger partial charge in [0.2, 0.25) is 0 Å². The SMILES string of the molecule is CC1CCC(C)N(c2cc(OC(C)C)c(F)cc2N)C1. The molecule has 0 bridgehead atoms. The van der Waals surface area contributed by atoms with Crippen LogP contribution >= 0.6 is 0 Å². The van der Waals surface area contributed by atoms with Crippen LogP contribution in [-0.2, 0) is 0 Å². The van der Waals surface area contributed by atoms with E-state index in [9.17, 15) is 4.39 Å². The van der Waals surface area contributed by atoms with E-state index in [1.54, 1.807) is 6.07 Å². The van der Waals surface area contributed by atoms with Crippen LogP contribution in [0.5, 0.6) is 5.75 Å². The van der Waals surface area contributed by atoms with Crippen molar-refractivity contribution < 1.29 is 9.13 Å². The Hall–Kier alpha value is -1.45. The summed E-state index contributed by atoms with van der Waals surface area (Å²) in [7, 11) is 0. The van der Waals surface area contributed by atoms with Gasteiger partial charge in [-0.15, -0.1) is 0 Å². The van der Waals surface area contributed by atoms with Crippen molar-refractivity contribution in [3.8, 4) is 5.75 Å². The first-order chi connectivity index (χ1) is 9.38. The van der Waals surface area contributed by atoms with Crippen molar-refractivity contribution >= 4 is 11.4 Å². The lowest BCUT2D eigenvalue weighted by atomic mass is 9.94. The fourth-order valence-electron chi connectivity index (χ4n) is 2.78. The zero-order valence-electron chi connectivity index (χ0n) is 12.8. The van der Waals surface area contributed by atoms with Crippen LogP contribution in [0.2, 0.25) is 0 Å². The van der Waals surface area contributed by atoms with Crippen molar-refractivity contribution in [1.29, 1.82) is 0 Å². The topological polar surface area (TPSA) is 38.5 Å². The third kappa shape index (κ3) is 3.17. The first-order valence-electron chi connectivity index (χ1n) is 7.40. The van der Waals surface area contributed by atoms with Crippen molar-refractivity contribution in [3.63, 3.8) is 0 Å². The Morgan fingerprint density at radius 2 is 2.00 bits per heavy atom. The molecular formula is C16H25FN2O. The van der Waals surface area contributed by atoms with Crippen molar-refractivity contribution in [3.05, 3.63) is 17.9 Å². The van der Waals surface area contributed by atoms with Gasteiger partial charge >= 0.3 is 0 Å². The first-order valence-corrected chi connectivity index (χ1v) is 7.40. The zero-order valence-corrected chi connectivity index (χ0v) is 12.8. The molecule has 4 heteroatoms. The van der Waals surface area contributed by atoms with Crippen LogP contribution in [0.4, 0.5) is 15.8 Å². The standard InChI is InChI=1S/C16H25FN2O/c1-10(2)20-16-8-15(14(18)7-13(16)17)19-9-11(3)5-6-12(19)4/h7-8,10-12H,5-6,9,18H2,1-4H3. The molecule has 1 aromatic rings. The molecule has 0 aliphatic carbocycles. The van der Waals surface area contributed by atoms with Crippen LogP contribution in [0.3, 0.4) is 0 Å². The fourth-order valence-corrected chi connectivity index (χ4v) is 2.78. The number of nitrogens with two attached hydrogens (primary N) is 1. The summed E-state index contributed by atoms with van der Waals surface area (Å²) in [5, 5.41) is 0. The molecule has 0 amide bonds. The van der Waals surface area contributed by atoms with Crippen LogP contribution in [-0.4, -0.2) is 18.7 Å². The highest BCUT2D eigenvalue weighted by Crippen LogP contribution is 2.36. The Morgan fingerprint density at radius 3 is 2.65 bits per heavy atom. The van der Waals surface area contributed by atoms with Gasteiger partial charge in [0.25, 0.3) is 0 Å². The molecule has 0 aromatic heterocycles. The van der Waals surface area contributed by atoms with Gasteiger partial charge in [0.15, 0.2) is 11.6 Å². The van der Waals surface area contributed by atoms with Crippen molar-refractivity contribution in [2.45, 2.75) is 52.7 Å². The molecule has 0 saturated carbocycles. The molecule has 0 spiro atoms. The van der Waals surface area contributed by atoms with Gasteiger partial charge in [-0.25, -0.2) is 4.39 Å². The number of benzene rings is 1. The van der Waals surface area contributed by atoms with E-state index in [2.05, 4.69) is 18.7 Å². The monoisotopic (exact) mass is 280 g/mol. The summed E-state index contributed by atoms with van der Waals surface area (Å²) >= 11 is 0. The maximum atomic E-state index is 13.9. The maximum Gasteiger partial charge on any atom is 0.167 e. The van der Waals surface area contributed by atoms with Crippen molar-refractivity contribution in [2.24, 2.45) is 5.92 Å². The van der Waals surface area contributed by atoms with Crippen molar-refractivity contribution in [1.82, 2.24) is 0 Å². The predicted octanol–water partition coefficient (Wildman–Crippen LogP) is 3.82. The van der Waals surface area contributed by atoms with Gasteiger partial charge in [-0.1, -0.05) is 6.92 Å². The molecular weight excluding hydrogens is 255 g/mol. The van der Waals surface area contributed by atoms with Crippen molar-refractivity contribution in [2.75, 3.05) is 17.2 Å². The summed E-state index contributed by atoms with van der Waals surface area (Å²) < 4.78 is 19.4. The number of rotatable bonds is 3. The number of hydrogen-bond donors (Lipinski definition) is 1. The molecule has 2 N–H and O–H groups in total. The van der Waals surface area contributed by atoms with E-state index >= 15 is 0 Å². The van der Waals surface area contributed by atoms with Crippen LogP contribution in [0, 0.1) is 11.7 Å². The van der Waals surface area contributed by atoms with Gasteiger partial charge in [-0.3, -0.25) is 0 Å². The third-order valence-electron chi connectivity index (χ3n) is 3.87. The molecule has 1 aromatic carbocycles. The number of hydrogen-bond acceptors (Lipinski definition) is 3. The molecule has 20 heavy (non-hydrogen) atoms. The lowest BCUT2D eigenvalue weighted by molar-refractivity contribution is 0.231. The maximum absolute atomic E-state index is 13.9. The van der Waals surface area contributed by atoms with Gasteiger partial charge in [0, 0.05) is 24.7 Å². The Morgan fingerprint density at radius 1 is 1.30 bits per heavy atom. The molecule has 112 valence electrons. The smallest absolute Gasteiger partial charge is 0.167 e. The van der Waals surface area contributed by atoms with E-state index in [0.717, 1.165) is 18.7 Å². The summed E-state index contributed by atoms with van der Waals surface area (Å²) in [5.74, 6) is 0.525. The Labute approximate surface area is 120 Å². The second-order valence-electron chi connectivity index (χ2n) is 6.19. The molecule has 2 unspecified atom stereocenters. The molecule has 2 rings (SSSR count). The second kappa shape index (κ2) is 5.90. The minimum Gasteiger partial charge on any atom is -0.488 e. The quantitative estimate of drug-likeness (QED) is 0.855. The summed E-state index contributed by atoms with van der Waals surface area (Å²) in [4.78, 5) is 2.27. The number of piperidine rings is 1. The van der Waals surface area contributed by atoms with E-state index in [-0.39, 0.29) is 11.9 Å². The zero-order chi connectivity index (χ0) is 14.9. The molecule has 0 radical (unpaired) electrons. The van der Waals surface area contributed by atoms with E-state index < -0.39 is 5.82 Å². The Kier molecular flexibility index (Phi) is 4.41. The number of nitrogen functional groups attached to an aromatic ring is 1. The van der Waals surface area contributed by atoms with E-state index in [1.165, 1.54) is 12.5 Å². The second-order valence-corrected chi connectivity index (χ2v) is 6.19. The fraction of sp³-hybridized carbons (Fsp3) is 0.625. The van der Waals surface area contributed by atoms with Crippen LogP contribution in [0.25, 0.3) is 0 Å². The molecule has 1 heterocycles. The highest BCUT2D eigenvalue weighted by molar-refractivity contribution is 5.70. The summed E-state index contributed by atoms with van der Waals surface area (Å²) in [6, 6.07) is 3.55. The first kappa shape index (κ1) is 14.9. The molecule has 3 nitrogen and oxygen atoms in total. The normalized spacial score (nSPS) is 23.2. The van der Waals surface area contributed by atoms with Crippen LogP contribution < -0.4 is 15.4 Å². The average molecular weight is 280 g/mol. The van der Waals surface area contributed by atoms with Crippen LogP contribution in [0.15, 0.2) is 12.1 Å². The van der Waals surface area contributed by atoms with Gasteiger partial charge in [0.05, 0.1) is 17.5 Å². The molecule has 1 aliphatic rings. The van der Waals surface area contributed by atoms with E-state index in [1.807, 2.05) is 13.8 Å². The Bertz CT molecular complexity index is 476. The molecule has 2 atom stereocenters. The highest BCUT2D eigenvalue weighted by Gasteiger charge is 2.25. The van der Waals surface area contributed by atoms with E-state index in [0.29, 0.717) is 17.6 Å². The summed E-state index contributed by atoms with van der Waals surface area (Å²) in [6.07, 6.45) is 2.31. The summed E-state index contributed by atoms with van der Waals surface area (Å²) in [6.45, 7) is 9.17. The van der Waals surface area contributed by atoms with Gasteiger partial charge < -0.3 is 15.4 Å². The minimum atomic E-state index is -0.391. The number of anilines is 2. The van der Waals surface area contributed by atoms with Gasteiger partial charge in [-0.2, -0.15) is 0 Å². The predicted molar refractivity (Wildman–Crippen MR) is 81.8 cm³/mol. The number of nitrogens with zero attached hydrogens (tertiary/aromatic N) is 1. The largest absolute Gasteiger partial charge is 0.488 e. The third-order valence-corrected chi connectivity index (χ3v) is 3.87. The highest BCUT2D eigenvalue weighted by atomic mass is 19.1. The average Bonchev–Trinajstić information content (AvgIpc) is 2.35. The van der Waals surface area contributed by atoms with Gasteiger partial charge in [-0.05, 0) is 39.5 Å². The lowest BCUT2D eigenvalue weighted by Crippen LogP contribution is -2.41. The van der Waals surface area contributed by atoms with Crippen LogP contribution in [0.1, 0.15) is 40.5 Å². The van der Waals surface area contributed by atoms with Gasteiger partial charge in [0.1, 0.15) is 0 Å². The molecule has 1 saturated heterocycles. The molecule has 1 aliphatic heterocycles. The number of ether oxygens (including phenoxy) is 1. The molecule has 1 fully saturated rings. The lowest BCUT2D eigenvalue weighted by Gasteiger charge is -2.39. The Balaban J connectivity index is 2.34. The van der Waals surface area contributed by atoms with E-state index in [4.69, 9.17) is 10.5 Å². The summed E-state index contributed by atoms with van der Waals surface area (Å²) in [5.41, 5.74) is 7.40. The minimum absolute atomic E-state index is 0.0568. The number of halogens is 1.